The van der Waals surface area contributed by atoms with E-state index in [2.05, 4.69) is 18.8 Å². The normalized spacial score (nSPS) is 16.4. The van der Waals surface area contributed by atoms with Gasteiger partial charge in [-0.25, -0.2) is 4.98 Å². The van der Waals surface area contributed by atoms with E-state index in [4.69, 9.17) is 5.11 Å². The van der Waals surface area contributed by atoms with Crippen LogP contribution in [0.5, 0.6) is 0 Å². The molecule has 5 heteroatoms. The molecule has 1 aliphatic heterocycles. The van der Waals surface area contributed by atoms with Crippen molar-refractivity contribution >= 4 is 5.82 Å². The molecule has 0 saturated carbocycles. The molecule has 17 heavy (non-hydrogen) atoms. The van der Waals surface area contributed by atoms with Crippen LogP contribution in [0.4, 0.5) is 5.82 Å². The maximum Gasteiger partial charge on any atom is 0.293 e. The summed E-state index contributed by atoms with van der Waals surface area (Å²) in [5.41, 5.74) is -0.0300. The molecular formula is C12H19N3O2. The van der Waals surface area contributed by atoms with Crippen LogP contribution in [0.3, 0.4) is 0 Å². The molecule has 2 heterocycles. The average molecular weight is 237 g/mol. The summed E-state index contributed by atoms with van der Waals surface area (Å²) in [5.74, 6) is 1.23. The lowest BCUT2D eigenvalue weighted by Crippen LogP contribution is -2.51. The van der Waals surface area contributed by atoms with Gasteiger partial charge in [0.2, 0.25) is 0 Å². The Morgan fingerprint density at radius 2 is 2.24 bits per heavy atom. The minimum atomic E-state index is -0.0300. The zero-order valence-electron chi connectivity index (χ0n) is 10.3. The molecule has 1 aromatic rings. The number of aliphatic hydroxyl groups excluding tert-OH is 1. The Kier molecular flexibility index (Phi) is 3.47. The van der Waals surface area contributed by atoms with E-state index in [-0.39, 0.29) is 18.1 Å². The molecule has 0 amide bonds. The standard InChI is InChI=1S/C12H19N3O2/c1-9(2)5-14-4-3-13-11(12(14)17)15-6-10(7-15)8-16/h3-4,9-10,16H,5-8H2,1-2H3. The minimum Gasteiger partial charge on any atom is -0.396 e. The lowest BCUT2D eigenvalue weighted by molar-refractivity contribution is 0.200. The van der Waals surface area contributed by atoms with Crippen LogP contribution < -0.4 is 10.5 Å². The summed E-state index contributed by atoms with van der Waals surface area (Å²) in [6, 6.07) is 0. The van der Waals surface area contributed by atoms with Crippen LogP contribution in [-0.2, 0) is 6.54 Å². The van der Waals surface area contributed by atoms with Crippen LogP contribution in [0.1, 0.15) is 13.8 Å². The smallest absolute Gasteiger partial charge is 0.293 e. The zero-order chi connectivity index (χ0) is 12.4. The summed E-state index contributed by atoms with van der Waals surface area (Å²) in [6.45, 7) is 6.51. The topological polar surface area (TPSA) is 58.4 Å². The van der Waals surface area contributed by atoms with Gasteiger partial charge in [-0.1, -0.05) is 13.8 Å². The molecule has 0 radical (unpaired) electrons. The summed E-state index contributed by atoms with van der Waals surface area (Å²) in [7, 11) is 0. The average Bonchev–Trinajstić information content (AvgIpc) is 2.21. The number of rotatable bonds is 4. The van der Waals surface area contributed by atoms with E-state index in [0.29, 0.717) is 18.3 Å². The largest absolute Gasteiger partial charge is 0.396 e. The van der Waals surface area contributed by atoms with E-state index in [0.717, 1.165) is 13.1 Å². The number of nitrogens with zero attached hydrogens (tertiary/aromatic N) is 3. The predicted octanol–water partition coefficient (Wildman–Crippen LogP) is 0.328. The SMILES string of the molecule is CC(C)Cn1ccnc(N2CC(CO)C2)c1=O. The maximum absolute atomic E-state index is 12.1. The van der Waals surface area contributed by atoms with Crippen LogP contribution in [-0.4, -0.2) is 34.4 Å². The molecule has 0 atom stereocenters. The van der Waals surface area contributed by atoms with Crippen LogP contribution in [0.25, 0.3) is 0 Å². The molecule has 1 saturated heterocycles. The van der Waals surface area contributed by atoms with Crippen molar-refractivity contribution in [3.63, 3.8) is 0 Å². The molecular weight excluding hydrogens is 218 g/mol. The fourth-order valence-electron chi connectivity index (χ4n) is 2.05. The van der Waals surface area contributed by atoms with E-state index < -0.39 is 0 Å². The molecule has 1 aliphatic rings. The molecule has 1 fully saturated rings. The van der Waals surface area contributed by atoms with Gasteiger partial charge in [0.05, 0.1) is 0 Å². The number of hydrogen-bond donors (Lipinski definition) is 1. The predicted molar refractivity (Wildman–Crippen MR) is 66.1 cm³/mol. The fourth-order valence-corrected chi connectivity index (χ4v) is 2.05. The molecule has 0 bridgehead atoms. The molecule has 0 unspecified atom stereocenters. The van der Waals surface area contributed by atoms with Gasteiger partial charge in [-0.15, -0.1) is 0 Å². The molecule has 2 rings (SSSR count). The van der Waals surface area contributed by atoms with E-state index in [1.807, 2.05) is 4.90 Å². The summed E-state index contributed by atoms with van der Waals surface area (Å²) in [6.07, 6.45) is 3.40. The minimum absolute atomic E-state index is 0.0300. The molecule has 1 N–H and O–H groups in total. The number of aromatic nitrogens is 2. The van der Waals surface area contributed by atoms with E-state index in [9.17, 15) is 4.79 Å². The van der Waals surface area contributed by atoms with E-state index >= 15 is 0 Å². The van der Waals surface area contributed by atoms with Gasteiger partial charge >= 0.3 is 0 Å². The Balaban J connectivity index is 2.16. The van der Waals surface area contributed by atoms with Crippen molar-refractivity contribution in [1.29, 1.82) is 0 Å². The molecule has 94 valence electrons. The molecule has 0 aromatic carbocycles. The third kappa shape index (κ3) is 2.49. The highest BCUT2D eigenvalue weighted by Crippen LogP contribution is 2.18. The van der Waals surface area contributed by atoms with Crippen molar-refractivity contribution < 1.29 is 5.11 Å². The van der Waals surface area contributed by atoms with Gasteiger partial charge in [-0.2, -0.15) is 0 Å². The Morgan fingerprint density at radius 1 is 1.53 bits per heavy atom. The molecule has 0 spiro atoms. The van der Waals surface area contributed by atoms with Gasteiger partial charge in [0.15, 0.2) is 5.82 Å². The summed E-state index contributed by atoms with van der Waals surface area (Å²) in [4.78, 5) is 18.2. The zero-order valence-corrected chi connectivity index (χ0v) is 10.3. The quantitative estimate of drug-likeness (QED) is 0.819. The second kappa shape index (κ2) is 4.87. The lowest BCUT2D eigenvalue weighted by atomic mass is 10.0. The van der Waals surface area contributed by atoms with Crippen molar-refractivity contribution in [3.05, 3.63) is 22.7 Å². The Labute approximate surface area is 101 Å². The third-order valence-electron chi connectivity index (χ3n) is 2.97. The number of aliphatic hydroxyl groups is 1. The van der Waals surface area contributed by atoms with Crippen LogP contribution in [0.15, 0.2) is 17.2 Å². The molecule has 5 nitrogen and oxygen atoms in total. The molecule has 1 aromatic heterocycles. The van der Waals surface area contributed by atoms with Crippen LogP contribution in [0.2, 0.25) is 0 Å². The van der Waals surface area contributed by atoms with Gasteiger partial charge in [-0.05, 0) is 5.92 Å². The second-order valence-corrected chi connectivity index (χ2v) is 5.06. The van der Waals surface area contributed by atoms with Gasteiger partial charge < -0.3 is 14.6 Å². The van der Waals surface area contributed by atoms with Crippen molar-refractivity contribution in [3.8, 4) is 0 Å². The fraction of sp³-hybridized carbons (Fsp3) is 0.667. The van der Waals surface area contributed by atoms with Crippen LogP contribution in [0, 0.1) is 11.8 Å². The van der Waals surface area contributed by atoms with Crippen LogP contribution >= 0.6 is 0 Å². The Bertz CT molecular complexity index is 436. The highest BCUT2D eigenvalue weighted by Gasteiger charge is 2.29. The van der Waals surface area contributed by atoms with Gasteiger partial charge in [0, 0.05) is 44.6 Å². The van der Waals surface area contributed by atoms with Crippen molar-refractivity contribution in [2.24, 2.45) is 11.8 Å². The first-order chi connectivity index (χ1) is 8.11. The summed E-state index contributed by atoms with van der Waals surface area (Å²) < 4.78 is 1.71. The first kappa shape index (κ1) is 12.1. The number of anilines is 1. The maximum atomic E-state index is 12.1. The van der Waals surface area contributed by atoms with E-state index in [1.165, 1.54) is 0 Å². The van der Waals surface area contributed by atoms with Gasteiger partial charge in [0.25, 0.3) is 5.56 Å². The first-order valence-electron chi connectivity index (χ1n) is 6.03. The van der Waals surface area contributed by atoms with Gasteiger partial charge in [-0.3, -0.25) is 4.79 Å². The summed E-state index contributed by atoms with van der Waals surface area (Å²) in [5, 5.41) is 8.96. The third-order valence-corrected chi connectivity index (χ3v) is 2.97. The van der Waals surface area contributed by atoms with Gasteiger partial charge in [0.1, 0.15) is 0 Å². The monoisotopic (exact) mass is 237 g/mol. The van der Waals surface area contributed by atoms with E-state index in [1.54, 1.807) is 17.0 Å². The summed E-state index contributed by atoms with van der Waals surface area (Å²) >= 11 is 0. The lowest BCUT2D eigenvalue weighted by Gasteiger charge is -2.38. The van der Waals surface area contributed by atoms with Crippen molar-refractivity contribution in [2.45, 2.75) is 20.4 Å². The van der Waals surface area contributed by atoms with Crippen molar-refractivity contribution in [1.82, 2.24) is 9.55 Å². The second-order valence-electron chi connectivity index (χ2n) is 5.06. The highest BCUT2D eigenvalue weighted by atomic mass is 16.3. The Morgan fingerprint density at radius 3 is 2.82 bits per heavy atom. The highest BCUT2D eigenvalue weighted by molar-refractivity contribution is 5.39. The molecule has 0 aliphatic carbocycles. The first-order valence-corrected chi connectivity index (χ1v) is 6.03. The number of hydrogen-bond acceptors (Lipinski definition) is 4. The van der Waals surface area contributed by atoms with Crippen molar-refractivity contribution in [2.75, 3.05) is 24.6 Å². The Hall–Kier alpha value is -1.36.